The number of hydrogen-bond donors (Lipinski definition) is 0. The Bertz CT molecular complexity index is 26.5. The summed E-state index contributed by atoms with van der Waals surface area (Å²) < 4.78 is 51.1. The second-order valence-electron chi connectivity index (χ2n) is 0.378. The van der Waals surface area contributed by atoms with Gasteiger partial charge in [-0.15, -0.1) is 0 Å². The van der Waals surface area contributed by atoms with Crippen molar-refractivity contribution >= 4 is 37.7 Å². The van der Waals surface area contributed by atoms with Crippen LogP contribution in [0.15, 0.2) is 0 Å². The number of hydrogen-bond acceptors (Lipinski definition) is 6. The SMILES string of the molecule is [Ca+2].[O-][Br+2]([O-])[O-].[O-][Br+2]([O-])[O-]. The van der Waals surface area contributed by atoms with Gasteiger partial charge in [-0.3, -0.25) is 0 Å². The van der Waals surface area contributed by atoms with Crippen LogP contribution in [0.2, 0.25) is 0 Å². The average molecular weight is 296 g/mol. The smallest absolute Gasteiger partial charge is 0.405 e. The van der Waals surface area contributed by atoms with Gasteiger partial charge in [-0.1, -0.05) is 0 Å². The maximum atomic E-state index is 8.52. The van der Waals surface area contributed by atoms with Crippen LogP contribution in [0.4, 0.5) is 0 Å². The molecular weight excluding hydrogens is 296 g/mol. The minimum absolute atomic E-state index is 0. The molecule has 0 N–H and O–H groups in total. The van der Waals surface area contributed by atoms with Crippen molar-refractivity contribution in [2.24, 2.45) is 0 Å². The maximum Gasteiger partial charge on any atom is 2.00 e. The molecule has 0 aliphatic heterocycles. The van der Waals surface area contributed by atoms with Crippen molar-refractivity contribution in [2.45, 2.75) is 0 Å². The van der Waals surface area contributed by atoms with Gasteiger partial charge in [0.2, 0.25) is 29.6 Å². The Balaban J connectivity index is -0.0000000720. The molecule has 0 spiro atoms. The molecule has 0 aliphatic rings. The zero-order valence-electron chi connectivity index (χ0n) is 3.91. The largest absolute Gasteiger partial charge is 2.00 e. The van der Waals surface area contributed by atoms with Crippen LogP contribution in [-0.4, -0.2) is 37.7 Å². The summed E-state index contributed by atoms with van der Waals surface area (Å²) in [6.45, 7) is 0. The molecule has 0 bridgehead atoms. The summed E-state index contributed by atoms with van der Waals surface area (Å²) >= 11 is -7.29. The van der Waals surface area contributed by atoms with E-state index in [1.54, 1.807) is 0 Å². The fourth-order valence-electron chi connectivity index (χ4n) is 0. The van der Waals surface area contributed by atoms with Gasteiger partial charge in [-0.25, -0.2) is 0 Å². The summed E-state index contributed by atoms with van der Waals surface area (Å²) in [5, 5.41) is 0. The molecule has 0 atom stereocenters. The van der Waals surface area contributed by atoms with Gasteiger partial charge in [0, 0.05) is 0 Å². The first-order valence-corrected chi connectivity index (χ1v) is 4.81. The molecule has 0 heterocycles. The monoisotopic (exact) mass is 294 g/mol. The molecule has 0 aliphatic carbocycles. The Kier molecular flexibility index (Phi) is 24.1. The number of halogens is 2. The van der Waals surface area contributed by atoms with Crippen molar-refractivity contribution in [3.63, 3.8) is 0 Å². The Morgan fingerprint density at radius 2 is 0.556 bits per heavy atom. The first-order chi connectivity index (χ1) is 3.46. The molecule has 0 fully saturated rings. The Labute approximate surface area is 91.4 Å². The average Bonchev–Trinajstić information content (AvgIpc) is 1.25. The van der Waals surface area contributed by atoms with Crippen molar-refractivity contribution < 1.29 is 54.8 Å². The van der Waals surface area contributed by atoms with E-state index in [9.17, 15) is 0 Å². The molecule has 9 heteroatoms. The molecule has 0 saturated heterocycles. The van der Waals surface area contributed by atoms with Gasteiger partial charge >= 0.3 is 37.7 Å². The Hall–Kier alpha value is 1.98. The Morgan fingerprint density at radius 1 is 0.556 bits per heavy atom. The van der Waals surface area contributed by atoms with E-state index in [1.165, 1.54) is 0 Å². The summed E-state index contributed by atoms with van der Waals surface area (Å²) in [7, 11) is 0. The van der Waals surface area contributed by atoms with Gasteiger partial charge in [0.15, 0.2) is 0 Å². The van der Waals surface area contributed by atoms with Crippen LogP contribution < -0.4 is 25.2 Å². The molecule has 0 aromatic heterocycles. The topological polar surface area (TPSA) is 138 Å². The van der Waals surface area contributed by atoms with E-state index in [0.717, 1.165) is 0 Å². The van der Waals surface area contributed by atoms with E-state index in [1.807, 2.05) is 0 Å². The van der Waals surface area contributed by atoms with E-state index >= 15 is 0 Å². The fourth-order valence-corrected chi connectivity index (χ4v) is 0. The molecule has 9 heavy (non-hydrogen) atoms. The van der Waals surface area contributed by atoms with Crippen LogP contribution in [0.25, 0.3) is 0 Å². The first kappa shape index (κ1) is 17.2. The second kappa shape index (κ2) is 12.6. The van der Waals surface area contributed by atoms with Gasteiger partial charge in [0.1, 0.15) is 0 Å². The summed E-state index contributed by atoms with van der Waals surface area (Å²) in [4.78, 5) is 0. The normalized spacial score (nSPS) is 8.00. The van der Waals surface area contributed by atoms with Crippen LogP contribution >= 0.6 is 0 Å². The standard InChI is InChI=1S/2BrO3.Ca/c2*2-1(3)4;/q2*-1;+2. The van der Waals surface area contributed by atoms with Crippen molar-refractivity contribution in [3.05, 3.63) is 0 Å². The van der Waals surface area contributed by atoms with Crippen LogP contribution in [0.3, 0.4) is 0 Å². The third-order valence-corrected chi connectivity index (χ3v) is 0. The Morgan fingerprint density at radius 3 is 0.556 bits per heavy atom. The molecule has 6 nitrogen and oxygen atoms in total. The van der Waals surface area contributed by atoms with Crippen LogP contribution in [0.1, 0.15) is 0 Å². The van der Waals surface area contributed by atoms with Crippen molar-refractivity contribution in [1.29, 1.82) is 0 Å². The van der Waals surface area contributed by atoms with Crippen molar-refractivity contribution in [2.75, 3.05) is 0 Å². The van der Waals surface area contributed by atoms with Crippen LogP contribution in [0, 0.1) is 29.6 Å². The van der Waals surface area contributed by atoms with Crippen LogP contribution in [0.5, 0.6) is 0 Å². The minimum atomic E-state index is -3.65. The molecule has 0 rings (SSSR count). The molecule has 0 radical (unpaired) electrons. The summed E-state index contributed by atoms with van der Waals surface area (Å²) in [5.74, 6) is 0. The van der Waals surface area contributed by atoms with E-state index in [2.05, 4.69) is 0 Å². The minimum Gasteiger partial charge on any atom is -0.405 e. The first-order valence-electron chi connectivity index (χ1n) is 0.926. The molecule has 0 amide bonds. The van der Waals surface area contributed by atoms with Crippen molar-refractivity contribution in [1.82, 2.24) is 0 Å². The third-order valence-electron chi connectivity index (χ3n) is 0. The van der Waals surface area contributed by atoms with Gasteiger partial charge in [0.25, 0.3) is 0 Å². The van der Waals surface area contributed by atoms with E-state index in [-0.39, 0.29) is 37.7 Å². The predicted octanol–water partition coefficient (Wildman–Crippen LogP) is -7.51. The van der Waals surface area contributed by atoms with Gasteiger partial charge < -0.3 is 25.2 Å². The maximum absolute atomic E-state index is 8.52. The molecular formula is Br2CaO6. The van der Waals surface area contributed by atoms with Crippen molar-refractivity contribution in [3.8, 4) is 0 Å². The second-order valence-corrected chi connectivity index (χ2v) is 1.96. The van der Waals surface area contributed by atoms with E-state index in [0.29, 0.717) is 0 Å². The fraction of sp³-hybridized carbons (Fsp3) is 0. The van der Waals surface area contributed by atoms with Gasteiger partial charge in [0.05, 0.1) is 0 Å². The molecule has 0 unspecified atom stereocenters. The zero-order chi connectivity index (χ0) is 7.15. The zero-order valence-corrected chi connectivity index (χ0v) is 9.29. The van der Waals surface area contributed by atoms with E-state index in [4.69, 9.17) is 25.2 Å². The number of rotatable bonds is 0. The van der Waals surface area contributed by atoms with Gasteiger partial charge in [-0.05, 0) is 0 Å². The summed E-state index contributed by atoms with van der Waals surface area (Å²) in [6, 6.07) is 0. The summed E-state index contributed by atoms with van der Waals surface area (Å²) in [6.07, 6.45) is 0. The molecule has 0 aromatic carbocycles. The molecule has 0 saturated carbocycles. The van der Waals surface area contributed by atoms with Gasteiger partial charge in [-0.2, -0.15) is 0 Å². The molecule has 0 aromatic rings. The van der Waals surface area contributed by atoms with Crippen LogP contribution in [-0.2, 0) is 0 Å². The summed E-state index contributed by atoms with van der Waals surface area (Å²) in [5.41, 5.74) is 0. The van der Waals surface area contributed by atoms with E-state index < -0.39 is 29.6 Å². The quantitative estimate of drug-likeness (QED) is 0.407. The molecule has 52 valence electrons. The third kappa shape index (κ3) is 162. The predicted molar refractivity (Wildman–Crippen MR) is 5.75 cm³/mol.